The Morgan fingerprint density at radius 1 is 1.00 bits per heavy atom. The number of phenols is 1. The van der Waals surface area contributed by atoms with Crippen molar-refractivity contribution in [1.82, 2.24) is 4.90 Å². The molecule has 0 radical (unpaired) electrons. The summed E-state index contributed by atoms with van der Waals surface area (Å²) < 4.78 is 15.8. The summed E-state index contributed by atoms with van der Waals surface area (Å²) in [4.78, 5) is 2.45. The van der Waals surface area contributed by atoms with Crippen LogP contribution in [0.2, 0.25) is 0 Å². The van der Waals surface area contributed by atoms with Gasteiger partial charge in [0.1, 0.15) is 5.75 Å². The first-order chi connectivity index (χ1) is 12.2. The molecule has 2 aromatic rings. The predicted molar refractivity (Wildman–Crippen MR) is 96.6 cm³/mol. The van der Waals surface area contributed by atoms with E-state index in [4.69, 9.17) is 14.2 Å². The van der Waals surface area contributed by atoms with Gasteiger partial charge in [-0.2, -0.15) is 0 Å². The average molecular weight is 343 g/mol. The number of likely N-dealkylation sites (tertiary alicyclic amines) is 1. The van der Waals surface area contributed by atoms with E-state index in [1.54, 1.807) is 21.3 Å². The number of hydrogen-bond donors (Lipinski definition) is 1. The van der Waals surface area contributed by atoms with E-state index in [2.05, 4.69) is 17.0 Å². The Hall–Kier alpha value is -2.40. The van der Waals surface area contributed by atoms with Crippen LogP contribution in [0, 0.1) is 0 Å². The largest absolute Gasteiger partial charge is 0.502 e. The van der Waals surface area contributed by atoms with Crippen molar-refractivity contribution in [3.05, 3.63) is 47.5 Å². The molecule has 134 valence electrons. The van der Waals surface area contributed by atoms with Gasteiger partial charge in [-0.3, -0.25) is 4.90 Å². The summed E-state index contributed by atoms with van der Waals surface area (Å²) >= 11 is 0. The number of rotatable bonds is 6. The summed E-state index contributed by atoms with van der Waals surface area (Å²) in [7, 11) is 4.78. The van der Waals surface area contributed by atoms with Gasteiger partial charge in [0.25, 0.3) is 0 Å². The molecule has 5 heteroatoms. The molecule has 25 heavy (non-hydrogen) atoms. The monoisotopic (exact) mass is 343 g/mol. The molecule has 0 saturated carbocycles. The van der Waals surface area contributed by atoms with Crippen molar-refractivity contribution < 1.29 is 19.3 Å². The Morgan fingerprint density at radius 3 is 2.20 bits per heavy atom. The first kappa shape index (κ1) is 17.4. The van der Waals surface area contributed by atoms with Crippen molar-refractivity contribution in [2.24, 2.45) is 0 Å². The number of methoxy groups -OCH3 is 3. The zero-order valence-corrected chi connectivity index (χ0v) is 15.0. The van der Waals surface area contributed by atoms with E-state index in [-0.39, 0.29) is 5.75 Å². The van der Waals surface area contributed by atoms with Gasteiger partial charge in [-0.1, -0.05) is 12.1 Å². The molecular formula is C20H25NO4. The van der Waals surface area contributed by atoms with Crippen LogP contribution in [0.5, 0.6) is 23.0 Å². The summed E-state index contributed by atoms with van der Waals surface area (Å²) in [5.41, 5.74) is 2.36. The van der Waals surface area contributed by atoms with Gasteiger partial charge >= 0.3 is 0 Å². The summed E-state index contributed by atoms with van der Waals surface area (Å²) in [6.45, 7) is 1.83. The Kier molecular flexibility index (Phi) is 5.34. The summed E-state index contributed by atoms with van der Waals surface area (Å²) in [6, 6.07) is 12.4. The van der Waals surface area contributed by atoms with Crippen LogP contribution in [-0.2, 0) is 6.54 Å². The summed E-state index contributed by atoms with van der Waals surface area (Å²) in [5.74, 6) is 1.80. The normalized spacial score (nSPS) is 17.5. The molecule has 3 rings (SSSR count). The molecule has 0 bridgehead atoms. The second-order valence-corrected chi connectivity index (χ2v) is 6.25. The standard InChI is InChI=1S/C20H25NO4/c1-23-16-8-6-15(7-9-16)17-5-4-10-21(17)13-14-11-18(24-2)20(22)19(12-14)25-3/h6-9,11-12,17,22H,4-5,10,13H2,1-3H3/t17-/m1/s1. The molecule has 0 aliphatic carbocycles. The van der Waals surface area contributed by atoms with Gasteiger partial charge in [0.15, 0.2) is 11.5 Å². The highest BCUT2D eigenvalue weighted by atomic mass is 16.5. The third-order valence-corrected chi connectivity index (χ3v) is 4.79. The molecule has 1 saturated heterocycles. The summed E-state index contributed by atoms with van der Waals surface area (Å²) in [6.07, 6.45) is 2.31. The number of nitrogens with zero attached hydrogens (tertiary/aromatic N) is 1. The molecule has 1 fully saturated rings. The fourth-order valence-corrected chi connectivity index (χ4v) is 3.49. The number of phenolic OH excluding ortho intramolecular Hbond substituents is 1. The van der Waals surface area contributed by atoms with E-state index in [0.717, 1.165) is 30.8 Å². The lowest BCUT2D eigenvalue weighted by Crippen LogP contribution is -2.22. The Balaban J connectivity index is 1.81. The summed E-state index contributed by atoms with van der Waals surface area (Å²) in [5, 5.41) is 10.1. The lowest BCUT2D eigenvalue weighted by Gasteiger charge is -2.25. The Morgan fingerprint density at radius 2 is 1.64 bits per heavy atom. The second-order valence-electron chi connectivity index (χ2n) is 6.25. The van der Waals surface area contributed by atoms with Gasteiger partial charge in [0.05, 0.1) is 21.3 Å². The Labute approximate surface area is 148 Å². The van der Waals surface area contributed by atoms with Crippen molar-refractivity contribution in [2.75, 3.05) is 27.9 Å². The van der Waals surface area contributed by atoms with Crippen molar-refractivity contribution in [1.29, 1.82) is 0 Å². The molecule has 0 spiro atoms. The van der Waals surface area contributed by atoms with Crippen molar-refractivity contribution in [3.63, 3.8) is 0 Å². The molecule has 1 atom stereocenters. The zero-order chi connectivity index (χ0) is 17.8. The molecule has 1 aliphatic rings. The number of ether oxygens (including phenoxy) is 3. The third-order valence-electron chi connectivity index (χ3n) is 4.79. The zero-order valence-electron chi connectivity index (χ0n) is 15.0. The van der Waals surface area contributed by atoms with E-state index < -0.39 is 0 Å². The van der Waals surface area contributed by atoms with E-state index in [1.807, 2.05) is 24.3 Å². The van der Waals surface area contributed by atoms with Crippen molar-refractivity contribution >= 4 is 0 Å². The van der Waals surface area contributed by atoms with Crippen LogP contribution in [0.3, 0.4) is 0 Å². The van der Waals surface area contributed by atoms with Crippen LogP contribution < -0.4 is 14.2 Å². The van der Waals surface area contributed by atoms with Gasteiger partial charge in [0.2, 0.25) is 5.75 Å². The molecule has 1 N–H and O–H groups in total. The van der Waals surface area contributed by atoms with Crippen LogP contribution in [0.25, 0.3) is 0 Å². The van der Waals surface area contributed by atoms with Crippen molar-refractivity contribution in [2.45, 2.75) is 25.4 Å². The van der Waals surface area contributed by atoms with Gasteiger partial charge in [0, 0.05) is 12.6 Å². The van der Waals surface area contributed by atoms with Gasteiger partial charge in [-0.05, 0) is 54.8 Å². The van der Waals surface area contributed by atoms with Crippen LogP contribution in [0.1, 0.15) is 30.0 Å². The molecule has 0 amide bonds. The van der Waals surface area contributed by atoms with E-state index >= 15 is 0 Å². The molecule has 0 unspecified atom stereocenters. The SMILES string of the molecule is COc1ccc([C@H]2CCCN2Cc2cc(OC)c(O)c(OC)c2)cc1. The second kappa shape index (κ2) is 7.66. The fourth-order valence-electron chi connectivity index (χ4n) is 3.49. The minimum atomic E-state index is 0.0434. The lowest BCUT2D eigenvalue weighted by molar-refractivity contribution is 0.247. The fraction of sp³-hybridized carbons (Fsp3) is 0.400. The maximum absolute atomic E-state index is 10.1. The topological polar surface area (TPSA) is 51.2 Å². The van der Waals surface area contributed by atoms with E-state index in [0.29, 0.717) is 17.5 Å². The van der Waals surface area contributed by atoms with Gasteiger partial charge in [-0.25, -0.2) is 0 Å². The van der Waals surface area contributed by atoms with Crippen LogP contribution >= 0.6 is 0 Å². The number of hydrogen-bond acceptors (Lipinski definition) is 5. The maximum Gasteiger partial charge on any atom is 0.200 e. The smallest absolute Gasteiger partial charge is 0.200 e. The molecule has 0 aromatic heterocycles. The van der Waals surface area contributed by atoms with Crippen LogP contribution in [-0.4, -0.2) is 37.9 Å². The minimum absolute atomic E-state index is 0.0434. The number of aromatic hydroxyl groups is 1. The first-order valence-corrected chi connectivity index (χ1v) is 8.48. The number of benzene rings is 2. The first-order valence-electron chi connectivity index (χ1n) is 8.48. The minimum Gasteiger partial charge on any atom is -0.502 e. The molecular weight excluding hydrogens is 318 g/mol. The maximum atomic E-state index is 10.1. The van der Waals surface area contributed by atoms with Gasteiger partial charge in [-0.15, -0.1) is 0 Å². The Bertz CT molecular complexity index is 689. The van der Waals surface area contributed by atoms with E-state index in [9.17, 15) is 5.11 Å². The molecule has 2 aromatic carbocycles. The quantitative estimate of drug-likeness (QED) is 0.865. The molecule has 1 aliphatic heterocycles. The van der Waals surface area contributed by atoms with Crippen LogP contribution in [0.4, 0.5) is 0 Å². The van der Waals surface area contributed by atoms with Gasteiger partial charge < -0.3 is 19.3 Å². The van der Waals surface area contributed by atoms with Crippen molar-refractivity contribution in [3.8, 4) is 23.0 Å². The third kappa shape index (κ3) is 3.66. The predicted octanol–water partition coefficient (Wildman–Crippen LogP) is 3.76. The molecule has 1 heterocycles. The van der Waals surface area contributed by atoms with Crippen LogP contribution in [0.15, 0.2) is 36.4 Å². The molecule has 5 nitrogen and oxygen atoms in total. The van der Waals surface area contributed by atoms with E-state index in [1.165, 1.54) is 12.0 Å². The highest BCUT2D eigenvalue weighted by Crippen LogP contribution is 2.39. The highest BCUT2D eigenvalue weighted by Gasteiger charge is 2.26. The lowest BCUT2D eigenvalue weighted by atomic mass is 10.0. The average Bonchev–Trinajstić information content (AvgIpc) is 3.11. The highest BCUT2D eigenvalue weighted by molar-refractivity contribution is 5.52.